The van der Waals surface area contributed by atoms with Crippen molar-refractivity contribution in [2.24, 2.45) is 0 Å². The minimum absolute atomic E-state index is 0.00911. The Kier molecular flexibility index (Phi) is 11.5. The van der Waals surface area contributed by atoms with Gasteiger partial charge in [0.05, 0.1) is 25.2 Å². The molecule has 296 valence electrons. The fourth-order valence-electron chi connectivity index (χ4n) is 6.83. The maximum absolute atomic E-state index is 7.15. The number of hydrogen-bond donors (Lipinski definition) is 1. The second-order valence-corrected chi connectivity index (χ2v) is 27.8. The zero-order valence-electron chi connectivity index (χ0n) is 34.7. The number of methoxy groups -OCH3 is 1. The summed E-state index contributed by atoms with van der Waals surface area (Å²) in [6.07, 6.45) is 8.06. The van der Waals surface area contributed by atoms with Crippen LogP contribution in [0.5, 0.6) is 5.75 Å². The highest BCUT2D eigenvalue weighted by molar-refractivity contribution is 6.74. The number of nitrogens with one attached hydrogen (secondary N) is 1. The number of anilines is 1. The van der Waals surface area contributed by atoms with Crippen LogP contribution in [0, 0.1) is 12.3 Å². The molecule has 3 heterocycles. The van der Waals surface area contributed by atoms with E-state index in [-0.39, 0.29) is 22.0 Å². The molecule has 1 aliphatic heterocycles. The summed E-state index contributed by atoms with van der Waals surface area (Å²) in [5.41, 5.74) is 1.64. The summed E-state index contributed by atoms with van der Waals surface area (Å²) < 4.78 is 28.6. The van der Waals surface area contributed by atoms with Crippen molar-refractivity contribution in [2.45, 2.75) is 108 Å². The summed E-state index contributed by atoms with van der Waals surface area (Å²) >= 11 is 6.86. The predicted octanol–water partition coefficient (Wildman–Crippen LogP) is 11.2. The number of fused-ring (bicyclic) bond motifs is 1. The average Bonchev–Trinajstić information content (AvgIpc) is 3.74. The zero-order valence-corrected chi connectivity index (χ0v) is 37.5. The molecular weight excluding hydrogens is 752 g/mol. The third-order valence-corrected chi connectivity index (χ3v) is 21.5. The SMILES string of the molecule is C#C[C@]1(CO[Si](C)(C)C(C)(C)C)O[C@@H](n2ccc3c(NC(c4ccccc4)(c4ccccc4)c4ccc(OC)cc4)nc(Cl)nc32)C[C@@H]1O[Si](C)(C)C(C)(C)C. The molecule has 5 aromatic rings. The first-order valence-corrected chi connectivity index (χ1v) is 25.5. The van der Waals surface area contributed by atoms with E-state index in [1.165, 1.54) is 0 Å². The van der Waals surface area contributed by atoms with E-state index in [9.17, 15) is 0 Å². The van der Waals surface area contributed by atoms with Gasteiger partial charge in [0.25, 0.3) is 0 Å². The van der Waals surface area contributed by atoms with Crippen molar-refractivity contribution >= 4 is 45.1 Å². The monoisotopic (exact) mass is 808 g/mol. The third-order valence-electron chi connectivity index (χ3n) is 12.3. The van der Waals surface area contributed by atoms with Gasteiger partial charge in [0, 0.05) is 12.6 Å². The summed E-state index contributed by atoms with van der Waals surface area (Å²) in [7, 11) is -2.83. The Balaban J connectivity index is 1.47. The molecular formula is C45H57ClN4O4Si2. The van der Waals surface area contributed by atoms with E-state index < -0.39 is 40.1 Å². The van der Waals surface area contributed by atoms with Crippen molar-refractivity contribution in [2.75, 3.05) is 19.0 Å². The largest absolute Gasteiger partial charge is 0.497 e. The number of halogens is 1. The third kappa shape index (κ3) is 7.82. The van der Waals surface area contributed by atoms with Gasteiger partial charge in [-0.05, 0) is 82.8 Å². The van der Waals surface area contributed by atoms with Crippen LogP contribution in [0.2, 0.25) is 41.5 Å². The second kappa shape index (κ2) is 15.4. The molecule has 2 aromatic heterocycles. The maximum Gasteiger partial charge on any atom is 0.226 e. The molecule has 11 heteroatoms. The smallest absolute Gasteiger partial charge is 0.226 e. The van der Waals surface area contributed by atoms with Crippen molar-refractivity contribution < 1.29 is 18.3 Å². The van der Waals surface area contributed by atoms with Gasteiger partial charge in [0.15, 0.2) is 22.2 Å². The van der Waals surface area contributed by atoms with Gasteiger partial charge in [0.1, 0.15) is 29.0 Å². The molecule has 0 saturated carbocycles. The molecule has 0 aliphatic carbocycles. The van der Waals surface area contributed by atoms with Gasteiger partial charge in [-0.2, -0.15) is 4.98 Å². The van der Waals surface area contributed by atoms with E-state index in [1.807, 2.05) is 65.4 Å². The topological polar surface area (TPSA) is 79.7 Å². The number of benzene rings is 3. The summed E-state index contributed by atoms with van der Waals surface area (Å²) in [4.78, 5) is 9.66. The van der Waals surface area contributed by atoms with Gasteiger partial charge in [-0.25, -0.2) is 4.98 Å². The molecule has 0 amide bonds. The van der Waals surface area contributed by atoms with Crippen molar-refractivity contribution in [3.63, 3.8) is 0 Å². The lowest BCUT2D eigenvalue weighted by Crippen LogP contribution is -2.54. The molecule has 0 unspecified atom stereocenters. The summed E-state index contributed by atoms with van der Waals surface area (Å²) in [5.74, 6) is 4.39. The fraction of sp³-hybridized carbons (Fsp3) is 0.422. The molecule has 1 N–H and O–H groups in total. The fourth-order valence-corrected chi connectivity index (χ4v) is 9.36. The predicted molar refractivity (Wildman–Crippen MR) is 233 cm³/mol. The normalized spacial score (nSPS) is 19.6. The Bertz CT molecular complexity index is 2130. The van der Waals surface area contributed by atoms with Gasteiger partial charge in [-0.3, -0.25) is 0 Å². The second-order valence-electron chi connectivity index (χ2n) is 17.9. The molecule has 56 heavy (non-hydrogen) atoms. The zero-order chi connectivity index (χ0) is 40.7. The van der Waals surface area contributed by atoms with Crippen LogP contribution < -0.4 is 10.1 Å². The minimum atomic E-state index is -2.30. The van der Waals surface area contributed by atoms with E-state index in [1.54, 1.807) is 7.11 Å². The van der Waals surface area contributed by atoms with Crippen molar-refractivity contribution in [3.05, 3.63) is 119 Å². The summed E-state index contributed by atoms with van der Waals surface area (Å²) in [5, 5.41) is 4.73. The van der Waals surface area contributed by atoms with Gasteiger partial charge in [-0.1, -0.05) is 120 Å². The Morgan fingerprint density at radius 1 is 0.839 bits per heavy atom. The first kappa shape index (κ1) is 41.7. The van der Waals surface area contributed by atoms with E-state index >= 15 is 0 Å². The Labute approximate surface area is 340 Å². The van der Waals surface area contributed by atoms with E-state index in [2.05, 4.69) is 115 Å². The minimum Gasteiger partial charge on any atom is -0.497 e. The van der Waals surface area contributed by atoms with Crippen LogP contribution in [-0.4, -0.2) is 56.6 Å². The standard InChI is InChI=1S/C45H57ClN4O4Si2/c1-13-44(31-52-55(9,10)42(2,3)4)37(54-56(11,12)43(5,6)7)30-38(53-44)50-29-28-36-39(47-41(46)48-40(36)50)49-45(32-20-16-14-17-21-32,33-22-18-15-19-23-33)34-24-26-35(51-8)27-25-34/h1,14-29,37-38H,30-31H2,2-12H3,(H,47,48,49)/t37-,38+,44+/m0/s1. The molecule has 6 rings (SSSR count). The highest BCUT2D eigenvalue weighted by atomic mass is 35.5. The van der Waals surface area contributed by atoms with Gasteiger partial charge in [0.2, 0.25) is 5.28 Å². The number of nitrogens with zero attached hydrogens (tertiary/aromatic N) is 3. The lowest BCUT2D eigenvalue weighted by atomic mass is 9.77. The van der Waals surface area contributed by atoms with Crippen molar-refractivity contribution in [1.82, 2.24) is 14.5 Å². The summed E-state index contributed by atoms with van der Waals surface area (Å²) in [6.45, 7) is 22.6. The Morgan fingerprint density at radius 2 is 1.39 bits per heavy atom. The number of ether oxygens (including phenoxy) is 2. The van der Waals surface area contributed by atoms with Crippen LogP contribution in [0.4, 0.5) is 5.82 Å². The lowest BCUT2D eigenvalue weighted by molar-refractivity contribution is -0.0836. The van der Waals surface area contributed by atoms with Crippen LogP contribution >= 0.6 is 11.6 Å². The quantitative estimate of drug-likeness (QED) is 0.0582. The first-order valence-electron chi connectivity index (χ1n) is 19.3. The van der Waals surface area contributed by atoms with Crippen LogP contribution in [0.1, 0.15) is 70.9 Å². The van der Waals surface area contributed by atoms with Gasteiger partial charge >= 0.3 is 0 Å². The van der Waals surface area contributed by atoms with Crippen LogP contribution in [-0.2, 0) is 19.1 Å². The van der Waals surface area contributed by atoms with Crippen LogP contribution in [0.3, 0.4) is 0 Å². The first-order chi connectivity index (χ1) is 26.3. The maximum atomic E-state index is 7.15. The van der Waals surface area contributed by atoms with Gasteiger partial charge in [-0.15, -0.1) is 6.42 Å². The molecule has 3 aromatic carbocycles. The molecule has 0 bridgehead atoms. The number of terminal acetylenes is 1. The van der Waals surface area contributed by atoms with Crippen LogP contribution in [0.15, 0.2) is 97.2 Å². The lowest BCUT2D eigenvalue weighted by Gasteiger charge is -2.43. The highest BCUT2D eigenvalue weighted by Crippen LogP contribution is 2.48. The molecule has 3 atom stereocenters. The molecule has 0 radical (unpaired) electrons. The molecule has 1 aliphatic rings. The van der Waals surface area contributed by atoms with Crippen molar-refractivity contribution in [3.8, 4) is 18.1 Å². The van der Waals surface area contributed by atoms with Gasteiger partial charge < -0.3 is 28.2 Å². The molecule has 1 saturated heterocycles. The van der Waals surface area contributed by atoms with Crippen LogP contribution in [0.25, 0.3) is 11.0 Å². The Morgan fingerprint density at radius 3 is 1.91 bits per heavy atom. The molecule has 0 spiro atoms. The van der Waals surface area contributed by atoms with E-state index in [4.69, 9.17) is 46.3 Å². The number of rotatable bonds is 12. The van der Waals surface area contributed by atoms with E-state index in [0.717, 1.165) is 27.8 Å². The Hall–Kier alpha value is -3.96. The average molecular weight is 810 g/mol. The van der Waals surface area contributed by atoms with Crippen molar-refractivity contribution in [1.29, 1.82) is 0 Å². The molecule has 1 fully saturated rings. The number of aromatic nitrogens is 3. The molecule has 8 nitrogen and oxygen atoms in total. The summed E-state index contributed by atoms with van der Waals surface area (Å²) in [6, 6.07) is 30.8. The number of hydrogen-bond acceptors (Lipinski definition) is 7. The van der Waals surface area contributed by atoms with E-state index in [0.29, 0.717) is 17.9 Å². The highest BCUT2D eigenvalue weighted by Gasteiger charge is 2.54.